The van der Waals surface area contributed by atoms with Crippen LogP contribution in [0.5, 0.6) is 0 Å². The summed E-state index contributed by atoms with van der Waals surface area (Å²) in [6.07, 6.45) is -1.32. The van der Waals surface area contributed by atoms with Crippen molar-refractivity contribution in [3.05, 3.63) is 24.0 Å². The Morgan fingerprint density at radius 2 is 2.07 bits per heavy atom. The van der Waals surface area contributed by atoms with E-state index in [1.54, 1.807) is 26.0 Å². The molecule has 9 heteroatoms. The molecular weight excluding hydrogens is 357 g/mol. The normalized spacial score (nSPS) is 20.2. The molecule has 2 aliphatic heterocycles. The van der Waals surface area contributed by atoms with Crippen molar-refractivity contribution in [3.8, 4) is 0 Å². The lowest BCUT2D eigenvalue weighted by molar-refractivity contribution is -0.173. The number of hydrogen-bond donors (Lipinski definition) is 1. The Balaban J connectivity index is 1.67. The zero-order valence-corrected chi connectivity index (χ0v) is 15.4. The number of morpholine rings is 1. The highest BCUT2D eigenvalue weighted by atomic mass is 19.1. The van der Waals surface area contributed by atoms with Crippen LogP contribution >= 0.6 is 0 Å². The lowest BCUT2D eigenvalue weighted by atomic mass is 10.2. The number of benzene rings is 1. The Morgan fingerprint density at radius 1 is 1.37 bits per heavy atom. The van der Waals surface area contributed by atoms with E-state index in [0.29, 0.717) is 42.7 Å². The lowest BCUT2D eigenvalue weighted by Gasteiger charge is -2.29. The molecule has 0 aromatic heterocycles. The number of anilines is 2. The number of carbonyl (C=O) groups is 2. The molecule has 8 nitrogen and oxygen atoms in total. The molecule has 148 valence electrons. The Hall–Kier alpha value is -2.39. The van der Waals surface area contributed by atoms with Crippen molar-refractivity contribution < 1.29 is 28.7 Å². The molecule has 3 rings (SSSR count). The van der Waals surface area contributed by atoms with Gasteiger partial charge in [-0.1, -0.05) is 13.8 Å². The highest BCUT2D eigenvalue weighted by molar-refractivity contribution is 5.90. The summed E-state index contributed by atoms with van der Waals surface area (Å²) in [5.74, 6) is -1.25. The zero-order chi connectivity index (χ0) is 19.6. The molecule has 0 unspecified atom stereocenters. The molecule has 2 heterocycles. The number of hydroxylamine groups is 2. The Labute approximate surface area is 157 Å². The summed E-state index contributed by atoms with van der Waals surface area (Å²) < 4.78 is 25.0. The van der Waals surface area contributed by atoms with E-state index < -0.39 is 23.9 Å². The number of hydrogen-bond acceptors (Lipinski definition) is 6. The Kier molecular flexibility index (Phi) is 5.81. The first-order valence-electron chi connectivity index (χ1n) is 8.97. The smallest absolute Gasteiger partial charge is 0.414 e. The topological polar surface area (TPSA) is 82.6 Å². The van der Waals surface area contributed by atoms with Gasteiger partial charge in [0, 0.05) is 19.0 Å². The third-order valence-corrected chi connectivity index (χ3v) is 4.59. The second-order valence-corrected chi connectivity index (χ2v) is 6.93. The number of rotatable bonds is 5. The van der Waals surface area contributed by atoms with Crippen molar-refractivity contribution in [3.63, 3.8) is 0 Å². The second kappa shape index (κ2) is 8.10. The van der Waals surface area contributed by atoms with Crippen molar-refractivity contribution in [2.24, 2.45) is 5.92 Å². The number of carbonyl (C=O) groups excluding carboxylic acids is 2. The van der Waals surface area contributed by atoms with E-state index in [1.165, 1.54) is 11.0 Å². The average Bonchev–Trinajstić information content (AvgIpc) is 3.01. The van der Waals surface area contributed by atoms with Gasteiger partial charge in [0.05, 0.1) is 37.7 Å². The maximum absolute atomic E-state index is 14.6. The molecule has 0 bridgehead atoms. The highest BCUT2D eigenvalue weighted by Gasteiger charge is 2.35. The zero-order valence-electron chi connectivity index (χ0n) is 15.4. The molecule has 1 aromatic rings. The van der Waals surface area contributed by atoms with Gasteiger partial charge in [-0.05, 0) is 18.2 Å². The van der Waals surface area contributed by atoms with E-state index in [2.05, 4.69) is 0 Å². The quantitative estimate of drug-likeness (QED) is 0.619. The van der Waals surface area contributed by atoms with Crippen molar-refractivity contribution in [1.82, 2.24) is 5.06 Å². The van der Waals surface area contributed by atoms with Gasteiger partial charge in [-0.15, -0.1) is 0 Å². The van der Waals surface area contributed by atoms with Crippen molar-refractivity contribution >= 4 is 23.4 Å². The summed E-state index contributed by atoms with van der Waals surface area (Å²) in [6, 6.07) is 4.59. The maximum Gasteiger partial charge on any atom is 0.414 e. The first-order valence-corrected chi connectivity index (χ1v) is 8.97. The van der Waals surface area contributed by atoms with Gasteiger partial charge in [-0.2, -0.15) is 0 Å². The van der Waals surface area contributed by atoms with Crippen LogP contribution in [0.25, 0.3) is 0 Å². The van der Waals surface area contributed by atoms with Gasteiger partial charge >= 0.3 is 6.09 Å². The van der Waals surface area contributed by atoms with Crippen LogP contribution < -0.4 is 9.80 Å². The summed E-state index contributed by atoms with van der Waals surface area (Å²) in [6.45, 7) is 5.64. The summed E-state index contributed by atoms with van der Waals surface area (Å²) >= 11 is 0. The Morgan fingerprint density at radius 3 is 2.70 bits per heavy atom. The summed E-state index contributed by atoms with van der Waals surface area (Å²) in [7, 11) is 0. The molecule has 2 saturated heterocycles. The molecule has 0 radical (unpaired) electrons. The van der Waals surface area contributed by atoms with Gasteiger partial charge in [0.1, 0.15) is 11.9 Å². The molecule has 1 aromatic carbocycles. The molecule has 1 atom stereocenters. The fraction of sp³-hybridized carbons (Fsp3) is 0.556. The third-order valence-electron chi connectivity index (χ3n) is 4.59. The van der Waals surface area contributed by atoms with Crippen LogP contribution in [-0.2, 0) is 14.3 Å². The van der Waals surface area contributed by atoms with Crippen LogP contribution in [-0.4, -0.2) is 67.8 Å². The van der Waals surface area contributed by atoms with Crippen LogP contribution in [0.15, 0.2) is 18.2 Å². The molecule has 2 fully saturated rings. The van der Waals surface area contributed by atoms with Gasteiger partial charge in [0.15, 0.2) is 0 Å². The van der Waals surface area contributed by atoms with Crippen LogP contribution in [0.3, 0.4) is 0 Å². The van der Waals surface area contributed by atoms with Crippen molar-refractivity contribution in [2.45, 2.75) is 20.0 Å². The molecule has 2 aliphatic rings. The fourth-order valence-corrected chi connectivity index (χ4v) is 3.13. The minimum atomic E-state index is -0.688. The predicted octanol–water partition coefficient (Wildman–Crippen LogP) is 1.86. The van der Waals surface area contributed by atoms with Crippen LogP contribution in [0, 0.1) is 11.7 Å². The molecule has 27 heavy (non-hydrogen) atoms. The minimum Gasteiger partial charge on any atom is -0.442 e. The van der Waals surface area contributed by atoms with E-state index in [-0.39, 0.29) is 19.0 Å². The standard InChI is InChI=1S/C18H24FN3O5/c1-12(2)17(23)22(25)11-14-10-21(18(24)27-14)13-3-4-16(15(19)9-13)20-5-7-26-8-6-20/h3-4,9,12,14,25H,5-8,10-11H2,1-2H3/t14-/m1/s1. The minimum absolute atomic E-state index is 0.123. The Bertz CT molecular complexity index is 708. The maximum atomic E-state index is 14.6. The summed E-state index contributed by atoms with van der Waals surface area (Å²) in [4.78, 5) is 27.1. The molecule has 0 aliphatic carbocycles. The van der Waals surface area contributed by atoms with Gasteiger partial charge in [-0.3, -0.25) is 14.9 Å². The van der Waals surface area contributed by atoms with E-state index in [4.69, 9.17) is 9.47 Å². The highest BCUT2D eigenvalue weighted by Crippen LogP contribution is 2.28. The lowest BCUT2D eigenvalue weighted by Crippen LogP contribution is -2.38. The SMILES string of the molecule is CC(C)C(=O)N(O)C[C@H]1CN(c2ccc(N3CCOCC3)c(F)c2)C(=O)O1. The number of ether oxygens (including phenoxy) is 2. The number of nitrogens with zero attached hydrogens (tertiary/aromatic N) is 3. The third kappa shape index (κ3) is 4.30. The number of cyclic esters (lactones) is 1. The first kappa shape index (κ1) is 19.4. The van der Waals surface area contributed by atoms with Crippen molar-refractivity contribution in [2.75, 3.05) is 49.2 Å². The monoisotopic (exact) mass is 381 g/mol. The molecule has 0 saturated carbocycles. The van der Waals surface area contributed by atoms with Gasteiger partial charge in [-0.25, -0.2) is 14.2 Å². The number of amides is 2. The molecule has 1 N–H and O–H groups in total. The number of halogens is 1. The van der Waals surface area contributed by atoms with Crippen LogP contribution in [0.1, 0.15) is 13.8 Å². The summed E-state index contributed by atoms with van der Waals surface area (Å²) in [5, 5.41) is 10.4. The van der Waals surface area contributed by atoms with E-state index >= 15 is 0 Å². The van der Waals surface area contributed by atoms with E-state index in [0.717, 1.165) is 0 Å². The first-order chi connectivity index (χ1) is 12.9. The predicted molar refractivity (Wildman–Crippen MR) is 95.4 cm³/mol. The fourth-order valence-electron chi connectivity index (χ4n) is 3.13. The van der Waals surface area contributed by atoms with Gasteiger partial charge in [0.25, 0.3) is 0 Å². The van der Waals surface area contributed by atoms with E-state index in [1.807, 2.05) is 4.90 Å². The van der Waals surface area contributed by atoms with Gasteiger partial charge < -0.3 is 14.4 Å². The van der Waals surface area contributed by atoms with E-state index in [9.17, 15) is 19.2 Å². The average molecular weight is 381 g/mol. The van der Waals surface area contributed by atoms with Gasteiger partial charge in [0.2, 0.25) is 5.91 Å². The molecule has 0 spiro atoms. The van der Waals surface area contributed by atoms with Crippen LogP contribution in [0.4, 0.5) is 20.6 Å². The second-order valence-electron chi connectivity index (χ2n) is 6.93. The molecule has 2 amide bonds. The summed E-state index contributed by atoms with van der Waals surface area (Å²) in [5.41, 5.74) is 0.840. The largest absolute Gasteiger partial charge is 0.442 e. The van der Waals surface area contributed by atoms with Crippen molar-refractivity contribution in [1.29, 1.82) is 0 Å². The molecular formula is C18H24FN3O5. The van der Waals surface area contributed by atoms with Crippen LogP contribution in [0.2, 0.25) is 0 Å².